The van der Waals surface area contributed by atoms with Crippen molar-refractivity contribution in [1.82, 2.24) is 59.3 Å². The fourth-order valence-corrected chi connectivity index (χ4v) is 22.6. The van der Waals surface area contributed by atoms with E-state index in [1.165, 1.54) is 84.4 Å². The van der Waals surface area contributed by atoms with Crippen LogP contribution in [0.25, 0.3) is 32.3 Å². The molecule has 6 aromatic carbocycles. The van der Waals surface area contributed by atoms with E-state index in [4.69, 9.17) is 55.7 Å². The number of hydrogen-bond acceptors (Lipinski definition) is 24. The van der Waals surface area contributed by atoms with Gasteiger partial charge in [0.05, 0.1) is 103 Å². The number of benzene rings is 6. The Balaban J connectivity index is 0.000000142. The Morgan fingerprint density at radius 2 is 0.846 bits per heavy atom. The van der Waals surface area contributed by atoms with Crippen molar-refractivity contribution < 1.29 is 41.8 Å². The van der Waals surface area contributed by atoms with Crippen LogP contribution in [0.5, 0.6) is 18.0 Å². The summed E-state index contributed by atoms with van der Waals surface area (Å²) >= 11 is 6.70. The van der Waals surface area contributed by atoms with Crippen molar-refractivity contribution in [1.29, 1.82) is 15.8 Å². The van der Waals surface area contributed by atoms with Crippen molar-refractivity contribution in [3.63, 3.8) is 0 Å². The Hall–Kier alpha value is -12.4. The van der Waals surface area contributed by atoms with Gasteiger partial charge in [0.2, 0.25) is 0 Å². The maximum absolute atomic E-state index is 13.9. The third kappa shape index (κ3) is 20.0. The van der Waals surface area contributed by atoms with Gasteiger partial charge >= 0.3 is 18.0 Å². The third-order valence-electron chi connectivity index (χ3n) is 29.8. The van der Waals surface area contributed by atoms with Crippen LogP contribution >= 0.6 is 11.6 Å². The van der Waals surface area contributed by atoms with Crippen molar-refractivity contribution in [3.05, 3.63) is 196 Å². The number of carbonyl (C=O) groups is 3. The first-order valence-electron chi connectivity index (χ1n) is 48.2. The number of halogens is 4. The molecular formula is C105H123ClF3N21O6. The molecule has 1 saturated carbocycles. The largest absolute Gasteiger partial charge is 0.462 e. The zero-order valence-electron chi connectivity index (χ0n) is 79.3. The minimum absolute atomic E-state index is 0.0478. The number of anilines is 6. The number of aryl methyl sites for hydroxylation is 2. The minimum Gasteiger partial charge on any atom is -0.462 e. The minimum atomic E-state index is -1.02. The van der Waals surface area contributed by atoms with E-state index in [1.54, 1.807) is 0 Å². The zero-order chi connectivity index (χ0) is 95.4. The van der Waals surface area contributed by atoms with Gasteiger partial charge in [0.25, 0.3) is 17.7 Å². The lowest BCUT2D eigenvalue weighted by Crippen LogP contribution is -2.59. The maximum Gasteiger partial charge on any atom is 0.318 e. The number of likely N-dealkylation sites (N-methyl/N-ethyl adjacent to an activating group) is 1. The molecule has 9 aliphatic heterocycles. The average molecular weight is 1870 g/mol. The van der Waals surface area contributed by atoms with E-state index in [1.807, 2.05) is 18.2 Å². The highest BCUT2D eigenvalue weighted by Gasteiger charge is 2.44. The summed E-state index contributed by atoms with van der Waals surface area (Å²) < 4.78 is 60.8. The van der Waals surface area contributed by atoms with Crippen LogP contribution in [0.2, 0.25) is 5.02 Å². The lowest BCUT2D eigenvalue weighted by Gasteiger charge is -2.49. The Morgan fingerprint density at radius 3 is 1.21 bits per heavy atom. The Labute approximate surface area is 800 Å². The number of amides is 3. The number of nitriles is 3. The molecule has 0 bridgehead atoms. The molecule has 3 unspecified atom stereocenters. The summed E-state index contributed by atoms with van der Waals surface area (Å²) in [6.45, 7) is 34.8. The van der Waals surface area contributed by atoms with Crippen LogP contribution in [-0.2, 0) is 53.3 Å². The number of nitrogens with zero attached hydrogens (tertiary/aromatic N) is 21. The molecule has 0 radical (unpaired) electrons. The highest BCUT2D eigenvalue weighted by molar-refractivity contribution is 6.36. The molecule has 6 saturated heterocycles. The monoisotopic (exact) mass is 1870 g/mol. The molecule has 0 spiro atoms. The molecule has 10 aliphatic rings. The van der Waals surface area contributed by atoms with Gasteiger partial charge in [-0.05, 0) is 164 Å². The number of carbonyl (C=O) groups excluding carboxylic acids is 3. The molecule has 31 heteroatoms. The quantitative estimate of drug-likeness (QED) is 0.0538. The molecule has 12 heterocycles. The van der Waals surface area contributed by atoms with Crippen molar-refractivity contribution in [2.24, 2.45) is 0 Å². The molecule has 712 valence electrons. The second-order valence-corrected chi connectivity index (χ2v) is 39.2. The van der Waals surface area contributed by atoms with Gasteiger partial charge in [0.15, 0.2) is 17.5 Å². The van der Waals surface area contributed by atoms with Crippen LogP contribution in [0.1, 0.15) is 150 Å². The SMILES string of the molecule is C=C(F)C(=O)N1CCN(c2nc(OCC3(CC)CCCN3C)nc3c2CCN(c2cccc4cccc(C)c24)C3)C[C@@H]1CC#N.C=C(F)C(=O)N1CCN(c2nc(OCC3CCN3C(C)(C)C)nc3c2CCN(c2cccc4cccc(Cl)c24)C3)C[C@@H]1CC#N.C=C(F)C(=O)N1CCN(c2nc(OCC3CCN3C3CCCC3)nc3c2CCN(c2cccc4cccc(C)c24)C3)C[C@@H]1CC#N. The number of rotatable bonds is 23. The molecule has 6 atom stereocenters. The van der Waals surface area contributed by atoms with E-state index in [0.717, 1.165) is 152 Å². The topological polar surface area (TPSA) is 266 Å². The second-order valence-electron chi connectivity index (χ2n) is 38.8. The predicted octanol–water partition coefficient (Wildman–Crippen LogP) is 16.0. The normalized spacial score (nSPS) is 21.4. The number of piperazine rings is 3. The van der Waals surface area contributed by atoms with Gasteiger partial charge in [-0.25, -0.2) is 13.2 Å². The summed E-state index contributed by atoms with van der Waals surface area (Å²) in [5.41, 5.74) is 11.8. The fourth-order valence-electron chi connectivity index (χ4n) is 22.3. The van der Waals surface area contributed by atoms with E-state index in [9.17, 15) is 43.3 Å². The lowest BCUT2D eigenvalue weighted by molar-refractivity contribution is -0.132. The van der Waals surface area contributed by atoms with Crippen LogP contribution in [0.3, 0.4) is 0 Å². The van der Waals surface area contributed by atoms with Gasteiger partial charge in [-0.1, -0.05) is 136 Å². The van der Waals surface area contributed by atoms with Crippen molar-refractivity contribution in [2.45, 2.75) is 205 Å². The van der Waals surface area contributed by atoms with E-state index in [2.05, 4.69) is 222 Å². The summed E-state index contributed by atoms with van der Waals surface area (Å²) in [6.07, 6.45) is 12.9. The van der Waals surface area contributed by atoms with Crippen LogP contribution in [0.4, 0.5) is 47.7 Å². The molecule has 136 heavy (non-hydrogen) atoms. The Kier molecular flexibility index (Phi) is 28.9. The number of fused-ring (bicyclic) bond motifs is 6. The highest BCUT2D eigenvalue weighted by Crippen LogP contribution is 2.44. The molecule has 9 aromatic rings. The first-order valence-corrected chi connectivity index (χ1v) is 48.6. The molecule has 0 N–H and O–H groups in total. The molecule has 3 aromatic heterocycles. The van der Waals surface area contributed by atoms with Gasteiger partial charge in [-0.15, -0.1) is 0 Å². The second kappa shape index (κ2) is 41.3. The predicted molar refractivity (Wildman–Crippen MR) is 525 cm³/mol. The average Bonchev–Trinajstić information content (AvgIpc) is 0.775. The van der Waals surface area contributed by atoms with E-state index >= 15 is 0 Å². The summed E-state index contributed by atoms with van der Waals surface area (Å²) in [5, 5.41) is 36.4. The molecule has 1 aliphatic carbocycles. The maximum atomic E-state index is 13.9. The Bertz CT molecular complexity index is 6160. The summed E-state index contributed by atoms with van der Waals surface area (Å²) in [6, 6.07) is 45.3. The molecular weight excluding hydrogens is 1740 g/mol. The zero-order valence-corrected chi connectivity index (χ0v) is 80.0. The van der Waals surface area contributed by atoms with Gasteiger partial charge in [-0.3, -0.25) is 29.1 Å². The van der Waals surface area contributed by atoms with E-state index in [0.29, 0.717) is 120 Å². The number of hydrogen-bond donors (Lipinski definition) is 0. The van der Waals surface area contributed by atoms with Crippen molar-refractivity contribution in [3.8, 4) is 36.2 Å². The standard InChI is InChI=1S/C36H42FN7O2.C35H42FN7O2.C34H39ClFN7O2/c1-24-7-5-8-26-9-6-12-32(33(24)26)41-17-15-30-31(22-41)39-36(46-23-29-14-18-43(29)27-10-3-4-11-27)40-34(30)42-19-20-44(35(45)25(2)37)28(21-42)13-16-38;1-5-35(15-8-17-40(35)4)23-45-34-38-29-22-41(30-12-7-11-26-10-6-9-24(2)31(26)30)18-14-28(29)32(39-34)42-19-20-43(33(44)25(3)36)27(21-42)13-16-37;1-22(36)32(44)42-18-17-41(19-24(42)11-14-37)31-26-13-15-40(29-10-6-8-23-7-5-9-27(35)30(23)29)20-28(26)38-33(39-31)45-21-25-12-16-43(25)34(2,3)4/h5-9,12,27-29H,2-4,10-11,13-15,17-23H2,1H3;6-7,9-12,27H,3,5,8,13-15,17-23H2,1-2,4H3;5-10,24-25H,1,11-13,15-21H2,2-4H3/t28-,29?;27-,35?;24-,25?/m000/s1. The van der Waals surface area contributed by atoms with Crippen LogP contribution in [-0.4, -0.2) is 249 Å². The van der Waals surface area contributed by atoms with E-state index < -0.39 is 53.3 Å². The van der Waals surface area contributed by atoms with Gasteiger partial charge < -0.3 is 58.3 Å². The van der Waals surface area contributed by atoms with Gasteiger partial charge in [0.1, 0.15) is 37.3 Å². The fraction of sp³-hybridized carbons (Fsp3) is 0.486. The summed E-state index contributed by atoms with van der Waals surface area (Å²) in [5.74, 6) is -2.97. The summed E-state index contributed by atoms with van der Waals surface area (Å²) in [7, 11) is 2.16. The molecule has 7 fully saturated rings. The first kappa shape index (κ1) is 95.3. The number of ether oxygens (including phenoxy) is 3. The number of aromatic nitrogens is 6. The third-order valence-corrected chi connectivity index (χ3v) is 30.1. The lowest BCUT2D eigenvalue weighted by atomic mass is 9.94. The Morgan fingerprint density at radius 1 is 0.463 bits per heavy atom. The highest BCUT2D eigenvalue weighted by atomic mass is 35.5. The van der Waals surface area contributed by atoms with Crippen molar-refractivity contribution >= 4 is 96.2 Å². The summed E-state index contributed by atoms with van der Waals surface area (Å²) in [4.78, 5) is 92.7. The number of likely N-dealkylation sites (tertiary alicyclic amines) is 3. The van der Waals surface area contributed by atoms with Crippen LogP contribution in [0.15, 0.2) is 146 Å². The van der Waals surface area contributed by atoms with Crippen LogP contribution < -0.4 is 43.6 Å². The molecule has 27 nitrogen and oxygen atoms in total. The smallest absolute Gasteiger partial charge is 0.318 e. The van der Waals surface area contributed by atoms with Gasteiger partial charge in [0, 0.05) is 165 Å². The molecule has 3 amide bonds. The van der Waals surface area contributed by atoms with E-state index in [-0.39, 0.29) is 56.0 Å². The van der Waals surface area contributed by atoms with Gasteiger partial charge in [-0.2, -0.15) is 45.7 Å². The molecule has 19 rings (SSSR count). The first-order chi connectivity index (χ1) is 65.7. The van der Waals surface area contributed by atoms with Crippen LogP contribution in [0, 0.1) is 47.8 Å². The van der Waals surface area contributed by atoms with Crippen molar-refractivity contribution in [2.75, 3.05) is 154 Å².